The third-order valence-corrected chi connectivity index (χ3v) is 6.18. The number of hydrogen-bond donors (Lipinski definition) is 0. The van der Waals surface area contributed by atoms with Crippen molar-refractivity contribution in [3.63, 3.8) is 0 Å². The van der Waals surface area contributed by atoms with Crippen molar-refractivity contribution >= 4 is 11.7 Å². The van der Waals surface area contributed by atoms with Crippen LogP contribution in [0.1, 0.15) is 37.2 Å². The summed E-state index contributed by atoms with van der Waals surface area (Å²) in [5.41, 5.74) is 1.13. The number of hydrogen-bond acceptors (Lipinski definition) is 4. The quantitative estimate of drug-likeness (QED) is 0.794. The van der Waals surface area contributed by atoms with Gasteiger partial charge in [0.25, 0.3) is 0 Å². The molecule has 2 aliphatic rings. The Kier molecular flexibility index (Phi) is 5.79. The Bertz CT molecular complexity index is 764. The molecular weight excluding hydrogens is 350 g/mol. The standard InChI is InChI=1S/C23H29N3O2/c1-28-20-11-9-19(10-12-20)22(18-6-2-3-7-18)23(27)26-16-14-25(15-17-26)21-8-4-5-13-24-21/h4-5,8-13,18,22H,2-3,6-7,14-17H2,1H3. The first-order valence-corrected chi connectivity index (χ1v) is 10.3. The van der Waals surface area contributed by atoms with Gasteiger partial charge in [-0.2, -0.15) is 0 Å². The molecule has 1 aromatic heterocycles. The first-order chi connectivity index (χ1) is 13.8. The number of amides is 1. The zero-order valence-corrected chi connectivity index (χ0v) is 16.6. The Labute approximate surface area is 167 Å². The number of piperazine rings is 1. The zero-order chi connectivity index (χ0) is 19.3. The maximum absolute atomic E-state index is 13.5. The van der Waals surface area contributed by atoms with E-state index < -0.39 is 0 Å². The Morgan fingerprint density at radius 1 is 1.04 bits per heavy atom. The molecule has 1 aromatic carbocycles. The monoisotopic (exact) mass is 379 g/mol. The van der Waals surface area contributed by atoms with Crippen molar-refractivity contribution in [3.8, 4) is 5.75 Å². The van der Waals surface area contributed by atoms with Crippen molar-refractivity contribution in [2.75, 3.05) is 38.2 Å². The molecule has 5 heteroatoms. The molecule has 0 bridgehead atoms. The lowest BCUT2D eigenvalue weighted by atomic mass is 9.83. The molecule has 2 aromatic rings. The smallest absolute Gasteiger partial charge is 0.230 e. The van der Waals surface area contributed by atoms with E-state index in [2.05, 4.69) is 26.9 Å². The van der Waals surface area contributed by atoms with E-state index in [9.17, 15) is 4.79 Å². The second kappa shape index (κ2) is 8.63. The van der Waals surface area contributed by atoms with Gasteiger partial charge in [0.1, 0.15) is 11.6 Å². The number of pyridine rings is 1. The second-order valence-corrected chi connectivity index (χ2v) is 7.80. The van der Waals surface area contributed by atoms with Crippen LogP contribution in [0.2, 0.25) is 0 Å². The van der Waals surface area contributed by atoms with Gasteiger partial charge in [-0.3, -0.25) is 4.79 Å². The van der Waals surface area contributed by atoms with Gasteiger partial charge >= 0.3 is 0 Å². The predicted octanol–water partition coefficient (Wildman–Crippen LogP) is 3.71. The van der Waals surface area contributed by atoms with Gasteiger partial charge in [-0.05, 0) is 48.6 Å². The van der Waals surface area contributed by atoms with Crippen LogP contribution in [0.5, 0.6) is 5.75 Å². The van der Waals surface area contributed by atoms with Crippen LogP contribution >= 0.6 is 0 Å². The number of benzene rings is 1. The molecule has 1 aliphatic carbocycles. The Morgan fingerprint density at radius 2 is 1.75 bits per heavy atom. The predicted molar refractivity (Wildman–Crippen MR) is 111 cm³/mol. The van der Waals surface area contributed by atoms with Crippen molar-refractivity contribution in [2.24, 2.45) is 5.92 Å². The highest BCUT2D eigenvalue weighted by molar-refractivity contribution is 5.84. The summed E-state index contributed by atoms with van der Waals surface area (Å²) in [7, 11) is 1.68. The lowest BCUT2D eigenvalue weighted by Gasteiger charge is -2.38. The maximum Gasteiger partial charge on any atom is 0.230 e. The van der Waals surface area contributed by atoms with Gasteiger partial charge in [-0.25, -0.2) is 4.98 Å². The number of rotatable bonds is 5. The maximum atomic E-state index is 13.5. The summed E-state index contributed by atoms with van der Waals surface area (Å²) in [4.78, 5) is 22.3. The minimum absolute atomic E-state index is 0.0326. The van der Waals surface area contributed by atoms with Crippen LogP contribution in [0.3, 0.4) is 0 Å². The molecule has 28 heavy (non-hydrogen) atoms. The fraction of sp³-hybridized carbons (Fsp3) is 0.478. The molecule has 1 saturated carbocycles. The van der Waals surface area contributed by atoms with E-state index >= 15 is 0 Å². The molecule has 1 unspecified atom stereocenters. The SMILES string of the molecule is COc1ccc(C(C(=O)N2CCN(c3ccccn3)CC2)C2CCCC2)cc1. The molecule has 1 amide bonds. The van der Waals surface area contributed by atoms with Gasteiger partial charge in [0, 0.05) is 32.4 Å². The van der Waals surface area contributed by atoms with E-state index in [4.69, 9.17) is 4.74 Å². The Morgan fingerprint density at radius 3 is 2.36 bits per heavy atom. The molecule has 1 aliphatic heterocycles. The summed E-state index contributed by atoms with van der Waals surface area (Å²) in [5, 5.41) is 0. The number of carbonyl (C=O) groups is 1. The molecule has 2 heterocycles. The Hall–Kier alpha value is -2.56. The van der Waals surface area contributed by atoms with Gasteiger partial charge in [0.15, 0.2) is 0 Å². The number of ether oxygens (including phenoxy) is 1. The summed E-state index contributed by atoms with van der Waals surface area (Å²) in [6.07, 6.45) is 6.59. The van der Waals surface area contributed by atoms with Gasteiger partial charge in [-0.15, -0.1) is 0 Å². The van der Waals surface area contributed by atoms with Crippen LogP contribution in [0.4, 0.5) is 5.82 Å². The average Bonchev–Trinajstić information content (AvgIpc) is 3.29. The third kappa shape index (κ3) is 3.98. The van der Waals surface area contributed by atoms with Crippen LogP contribution in [-0.2, 0) is 4.79 Å². The first kappa shape index (κ1) is 18.8. The number of aromatic nitrogens is 1. The van der Waals surface area contributed by atoms with Crippen LogP contribution in [0.15, 0.2) is 48.7 Å². The first-order valence-electron chi connectivity index (χ1n) is 10.3. The molecule has 1 saturated heterocycles. The van der Waals surface area contributed by atoms with E-state index in [0.29, 0.717) is 5.92 Å². The fourth-order valence-corrected chi connectivity index (χ4v) is 4.61. The molecular formula is C23H29N3O2. The van der Waals surface area contributed by atoms with Gasteiger partial charge in [0.2, 0.25) is 5.91 Å². The number of nitrogens with zero attached hydrogens (tertiary/aromatic N) is 3. The lowest BCUT2D eigenvalue weighted by Crippen LogP contribution is -2.50. The molecule has 0 radical (unpaired) electrons. The minimum Gasteiger partial charge on any atom is -0.497 e. The zero-order valence-electron chi connectivity index (χ0n) is 16.6. The van der Waals surface area contributed by atoms with Crippen LogP contribution in [0.25, 0.3) is 0 Å². The van der Waals surface area contributed by atoms with Crippen molar-refractivity contribution in [1.82, 2.24) is 9.88 Å². The fourth-order valence-electron chi connectivity index (χ4n) is 4.61. The van der Waals surface area contributed by atoms with Crippen molar-refractivity contribution in [1.29, 1.82) is 0 Å². The van der Waals surface area contributed by atoms with E-state index in [1.165, 1.54) is 12.8 Å². The van der Waals surface area contributed by atoms with Crippen molar-refractivity contribution in [3.05, 3.63) is 54.2 Å². The van der Waals surface area contributed by atoms with E-state index in [-0.39, 0.29) is 11.8 Å². The highest BCUT2D eigenvalue weighted by Crippen LogP contribution is 2.39. The largest absolute Gasteiger partial charge is 0.497 e. The summed E-state index contributed by atoms with van der Waals surface area (Å²) in [5.74, 6) is 2.55. The highest BCUT2D eigenvalue weighted by atomic mass is 16.5. The molecule has 2 fully saturated rings. The van der Waals surface area contributed by atoms with Crippen molar-refractivity contribution < 1.29 is 9.53 Å². The van der Waals surface area contributed by atoms with Crippen LogP contribution < -0.4 is 9.64 Å². The second-order valence-electron chi connectivity index (χ2n) is 7.80. The van der Waals surface area contributed by atoms with Crippen LogP contribution in [-0.4, -0.2) is 49.1 Å². The van der Waals surface area contributed by atoms with E-state index in [1.54, 1.807) is 7.11 Å². The number of methoxy groups -OCH3 is 1. The summed E-state index contributed by atoms with van der Waals surface area (Å²) in [6, 6.07) is 14.1. The van der Waals surface area contributed by atoms with E-state index in [0.717, 1.165) is 56.2 Å². The number of anilines is 1. The molecule has 148 valence electrons. The van der Waals surface area contributed by atoms with Gasteiger partial charge in [0.05, 0.1) is 13.0 Å². The topological polar surface area (TPSA) is 45.7 Å². The van der Waals surface area contributed by atoms with Gasteiger partial charge < -0.3 is 14.5 Å². The molecule has 1 atom stereocenters. The summed E-state index contributed by atoms with van der Waals surface area (Å²) >= 11 is 0. The summed E-state index contributed by atoms with van der Waals surface area (Å²) in [6.45, 7) is 3.19. The molecule has 5 nitrogen and oxygen atoms in total. The molecule has 4 rings (SSSR count). The lowest BCUT2D eigenvalue weighted by molar-refractivity contribution is -0.134. The molecule has 0 N–H and O–H groups in total. The number of carbonyl (C=O) groups excluding carboxylic acids is 1. The minimum atomic E-state index is -0.0326. The van der Waals surface area contributed by atoms with Crippen molar-refractivity contribution in [2.45, 2.75) is 31.6 Å². The third-order valence-electron chi connectivity index (χ3n) is 6.18. The normalized spacial score (nSPS) is 18.9. The van der Waals surface area contributed by atoms with Gasteiger partial charge in [-0.1, -0.05) is 31.0 Å². The molecule has 0 spiro atoms. The van der Waals surface area contributed by atoms with E-state index in [1.807, 2.05) is 36.5 Å². The summed E-state index contributed by atoms with van der Waals surface area (Å²) < 4.78 is 5.30. The van der Waals surface area contributed by atoms with Crippen LogP contribution in [0, 0.1) is 5.92 Å². The average molecular weight is 380 g/mol. The highest BCUT2D eigenvalue weighted by Gasteiger charge is 2.35. The Balaban J connectivity index is 1.48.